The largest absolute Gasteiger partial charge is 0.357 e. The third-order valence-electron chi connectivity index (χ3n) is 4.54. The first-order valence-corrected chi connectivity index (χ1v) is 9.98. The number of aliphatic imine (C=N–C) groups is 1. The summed E-state index contributed by atoms with van der Waals surface area (Å²) in [5.41, 5.74) is 0.927. The summed E-state index contributed by atoms with van der Waals surface area (Å²) in [6.45, 7) is 8.87. The van der Waals surface area contributed by atoms with Gasteiger partial charge in [-0.15, -0.1) is 0 Å². The van der Waals surface area contributed by atoms with Crippen LogP contribution in [0.15, 0.2) is 23.2 Å². The summed E-state index contributed by atoms with van der Waals surface area (Å²) in [6, 6.07) is 5.77. The molecule has 0 spiro atoms. The smallest absolute Gasteiger partial charge is 0.222 e. The molecule has 144 valence electrons. The van der Waals surface area contributed by atoms with Gasteiger partial charge in [0.1, 0.15) is 0 Å². The lowest BCUT2D eigenvalue weighted by atomic mass is 10.0. The molecule has 7 heteroatoms. The van der Waals surface area contributed by atoms with Gasteiger partial charge >= 0.3 is 0 Å². The predicted octanol–water partition coefficient (Wildman–Crippen LogP) is 3.66. The van der Waals surface area contributed by atoms with E-state index in [0.717, 1.165) is 37.6 Å². The molecule has 1 aliphatic heterocycles. The van der Waals surface area contributed by atoms with E-state index in [-0.39, 0.29) is 17.9 Å². The molecule has 0 saturated carbocycles. The van der Waals surface area contributed by atoms with Crippen LogP contribution in [0.5, 0.6) is 0 Å². The molecule has 26 heavy (non-hydrogen) atoms. The molecule has 1 amide bonds. The Hall–Kier alpha value is -1.46. The molecule has 0 radical (unpaired) electrons. The van der Waals surface area contributed by atoms with E-state index in [4.69, 9.17) is 28.2 Å². The van der Waals surface area contributed by atoms with Gasteiger partial charge in [-0.2, -0.15) is 0 Å². The van der Waals surface area contributed by atoms with Crippen molar-refractivity contribution < 1.29 is 4.79 Å². The molecule has 1 aromatic carbocycles. The Balaban J connectivity index is 1.99. The number of nitrogens with one attached hydrogen (secondary N) is 2. The van der Waals surface area contributed by atoms with Crippen LogP contribution in [0.4, 0.5) is 0 Å². The summed E-state index contributed by atoms with van der Waals surface area (Å²) in [5.74, 6) is 1.07. The Kier molecular flexibility index (Phi) is 8.04. The number of hydrogen-bond acceptors (Lipinski definition) is 2. The zero-order valence-electron chi connectivity index (χ0n) is 15.7. The fourth-order valence-electron chi connectivity index (χ4n) is 3.14. The Morgan fingerprint density at radius 2 is 2.04 bits per heavy atom. The molecular weight excluding hydrogens is 371 g/mol. The second-order valence-corrected chi connectivity index (χ2v) is 7.39. The molecule has 1 aliphatic rings. The number of halogens is 2. The molecule has 2 rings (SSSR count). The second kappa shape index (κ2) is 10.0. The first kappa shape index (κ1) is 20.8. The number of amides is 1. The standard InChI is InChI=1S/C19H28Cl2N4O/c1-4-17(26)25-10-9-14(12-25)24-19(22-5-2)23-11-13(3)18-15(20)7-6-8-16(18)21/h6-8,13-14H,4-5,9-12H2,1-3H3,(H2,22,23,24). The number of benzene rings is 1. The van der Waals surface area contributed by atoms with E-state index in [1.165, 1.54) is 0 Å². The fraction of sp³-hybridized carbons (Fsp3) is 0.579. The van der Waals surface area contributed by atoms with Crippen LogP contribution >= 0.6 is 23.2 Å². The van der Waals surface area contributed by atoms with Gasteiger partial charge in [-0.1, -0.05) is 43.1 Å². The summed E-state index contributed by atoms with van der Waals surface area (Å²) in [4.78, 5) is 18.4. The van der Waals surface area contributed by atoms with Crippen LogP contribution in [0.2, 0.25) is 10.0 Å². The van der Waals surface area contributed by atoms with Crippen molar-refractivity contribution >= 4 is 35.1 Å². The summed E-state index contributed by atoms with van der Waals surface area (Å²) >= 11 is 12.6. The maximum absolute atomic E-state index is 11.8. The summed E-state index contributed by atoms with van der Waals surface area (Å²) in [7, 11) is 0. The second-order valence-electron chi connectivity index (χ2n) is 6.58. The highest BCUT2D eigenvalue weighted by Crippen LogP contribution is 2.31. The highest BCUT2D eigenvalue weighted by molar-refractivity contribution is 6.36. The van der Waals surface area contributed by atoms with Gasteiger partial charge in [0.15, 0.2) is 5.96 Å². The van der Waals surface area contributed by atoms with Gasteiger partial charge in [0.25, 0.3) is 0 Å². The quantitative estimate of drug-likeness (QED) is 0.567. The maximum atomic E-state index is 11.8. The van der Waals surface area contributed by atoms with Crippen LogP contribution in [-0.2, 0) is 4.79 Å². The van der Waals surface area contributed by atoms with E-state index in [2.05, 4.69) is 17.6 Å². The topological polar surface area (TPSA) is 56.7 Å². The van der Waals surface area contributed by atoms with Gasteiger partial charge in [0, 0.05) is 54.6 Å². The van der Waals surface area contributed by atoms with Crippen LogP contribution in [0.3, 0.4) is 0 Å². The Labute approximate surface area is 166 Å². The van der Waals surface area contributed by atoms with E-state index in [1.54, 1.807) is 0 Å². The number of carbonyl (C=O) groups excluding carboxylic acids is 1. The molecule has 0 bridgehead atoms. The third kappa shape index (κ3) is 5.52. The number of likely N-dealkylation sites (tertiary alicyclic amines) is 1. The molecule has 2 N–H and O–H groups in total. The number of guanidine groups is 1. The minimum Gasteiger partial charge on any atom is -0.357 e. The normalized spacial score (nSPS) is 18.7. The van der Waals surface area contributed by atoms with Gasteiger partial charge in [-0.25, -0.2) is 0 Å². The molecule has 0 aromatic heterocycles. The van der Waals surface area contributed by atoms with Crippen molar-refractivity contribution in [3.8, 4) is 0 Å². The number of hydrogen-bond donors (Lipinski definition) is 2. The lowest BCUT2D eigenvalue weighted by Gasteiger charge is -2.19. The highest BCUT2D eigenvalue weighted by atomic mass is 35.5. The Bertz CT molecular complexity index is 630. The van der Waals surface area contributed by atoms with E-state index in [0.29, 0.717) is 23.0 Å². The molecule has 0 aliphatic carbocycles. The number of rotatable bonds is 6. The van der Waals surface area contributed by atoms with Gasteiger partial charge in [0.2, 0.25) is 5.91 Å². The van der Waals surface area contributed by atoms with Crippen molar-refractivity contribution in [2.24, 2.45) is 4.99 Å². The van der Waals surface area contributed by atoms with Crippen molar-refractivity contribution in [2.75, 3.05) is 26.2 Å². The summed E-state index contributed by atoms with van der Waals surface area (Å²) < 4.78 is 0. The lowest BCUT2D eigenvalue weighted by Crippen LogP contribution is -2.45. The third-order valence-corrected chi connectivity index (χ3v) is 5.20. The minimum atomic E-state index is 0.105. The zero-order chi connectivity index (χ0) is 19.1. The lowest BCUT2D eigenvalue weighted by molar-refractivity contribution is -0.129. The van der Waals surface area contributed by atoms with Crippen LogP contribution < -0.4 is 10.6 Å². The molecule has 1 heterocycles. The molecule has 1 aromatic rings. The van der Waals surface area contributed by atoms with Gasteiger partial charge in [-0.05, 0) is 31.0 Å². The van der Waals surface area contributed by atoms with Gasteiger partial charge < -0.3 is 15.5 Å². The first-order valence-electron chi connectivity index (χ1n) is 9.22. The van der Waals surface area contributed by atoms with E-state index in [9.17, 15) is 4.79 Å². The van der Waals surface area contributed by atoms with Crippen molar-refractivity contribution in [3.63, 3.8) is 0 Å². The van der Waals surface area contributed by atoms with Crippen molar-refractivity contribution in [1.29, 1.82) is 0 Å². The molecule has 2 atom stereocenters. The van der Waals surface area contributed by atoms with E-state index in [1.807, 2.05) is 36.9 Å². The van der Waals surface area contributed by atoms with Gasteiger partial charge in [0.05, 0.1) is 0 Å². The van der Waals surface area contributed by atoms with Crippen molar-refractivity contribution in [2.45, 2.75) is 45.6 Å². The van der Waals surface area contributed by atoms with E-state index < -0.39 is 0 Å². The van der Waals surface area contributed by atoms with Crippen molar-refractivity contribution in [1.82, 2.24) is 15.5 Å². The number of nitrogens with zero attached hydrogens (tertiary/aromatic N) is 2. The van der Waals surface area contributed by atoms with Crippen LogP contribution in [0.25, 0.3) is 0 Å². The molecule has 1 fully saturated rings. The molecule has 2 unspecified atom stereocenters. The highest BCUT2D eigenvalue weighted by Gasteiger charge is 2.25. The van der Waals surface area contributed by atoms with Crippen LogP contribution in [0, 0.1) is 0 Å². The molecule has 1 saturated heterocycles. The van der Waals surface area contributed by atoms with Crippen molar-refractivity contribution in [3.05, 3.63) is 33.8 Å². The first-order chi connectivity index (χ1) is 12.5. The van der Waals surface area contributed by atoms with E-state index >= 15 is 0 Å². The summed E-state index contributed by atoms with van der Waals surface area (Å²) in [5, 5.41) is 8.05. The van der Waals surface area contributed by atoms with Gasteiger partial charge in [-0.3, -0.25) is 9.79 Å². The monoisotopic (exact) mass is 398 g/mol. The average Bonchev–Trinajstić information content (AvgIpc) is 3.07. The molecule has 5 nitrogen and oxygen atoms in total. The minimum absolute atomic E-state index is 0.105. The van der Waals surface area contributed by atoms with Crippen LogP contribution in [0.1, 0.15) is 45.1 Å². The fourth-order valence-corrected chi connectivity index (χ4v) is 3.91. The Morgan fingerprint density at radius 3 is 2.65 bits per heavy atom. The summed E-state index contributed by atoms with van der Waals surface area (Å²) in [6.07, 6.45) is 1.49. The number of carbonyl (C=O) groups is 1. The predicted molar refractivity (Wildman–Crippen MR) is 109 cm³/mol. The molecular formula is C19H28Cl2N4O. The zero-order valence-corrected chi connectivity index (χ0v) is 17.2. The Morgan fingerprint density at radius 1 is 1.35 bits per heavy atom. The maximum Gasteiger partial charge on any atom is 0.222 e. The average molecular weight is 399 g/mol. The SMILES string of the molecule is CCNC(=NCC(C)c1c(Cl)cccc1Cl)NC1CCN(C(=O)CC)C1. The van der Waals surface area contributed by atoms with Crippen LogP contribution in [-0.4, -0.2) is 49.0 Å².